The summed E-state index contributed by atoms with van der Waals surface area (Å²) in [5.74, 6) is -0.649. The molecule has 1 aliphatic rings. The lowest BCUT2D eigenvalue weighted by Crippen LogP contribution is -2.45. The second-order valence-electron chi connectivity index (χ2n) is 10.8. The molecule has 9 nitrogen and oxygen atoms in total. The minimum Gasteiger partial charge on any atom is -0.468 e. The fraction of sp³-hybridized carbons (Fsp3) is 0.630. The van der Waals surface area contributed by atoms with Crippen LogP contribution in [0.15, 0.2) is 24.3 Å². The molecule has 1 heterocycles. The summed E-state index contributed by atoms with van der Waals surface area (Å²) in [5, 5.41) is 0. The van der Waals surface area contributed by atoms with Crippen LogP contribution in [-0.4, -0.2) is 78.0 Å². The molecule has 0 spiro atoms. The van der Waals surface area contributed by atoms with E-state index in [2.05, 4.69) is 0 Å². The summed E-state index contributed by atoms with van der Waals surface area (Å²) < 4.78 is 10.3. The summed E-state index contributed by atoms with van der Waals surface area (Å²) in [6, 6.07) is 7.53. The zero-order valence-corrected chi connectivity index (χ0v) is 22.8. The zero-order valence-electron chi connectivity index (χ0n) is 22.8. The molecule has 0 radical (unpaired) electrons. The predicted octanol–water partition coefficient (Wildman–Crippen LogP) is 3.59. The number of benzene rings is 1. The van der Waals surface area contributed by atoms with Crippen LogP contribution < -0.4 is 0 Å². The molecule has 0 saturated carbocycles. The highest BCUT2D eigenvalue weighted by atomic mass is 16.6. The topological polar surface area (TPSA) is 96.5 Å². The Labute approximate surface area is 214 Å². The molecule has 1 aromatic carbocycles. The molecule has 1 atom stereocenters. The van der Waals surface area contributed by atoms with Gasteiger partial charge >= 0.3 is 12.1 Å². The third-order valence-corrected chi connectivity index (χ3v) is 6.48. The van der Waals surface area contributed by atoms with Crippen molar-refractivity contribution >= 4 is 23.9 Å². The van der Waals surface area contributed by atoms with Crippen molar-refractivity contribution in [3.63, 3.8) is 0 Å². The lowest BCUT2D eigenvalue weighted by molar-refractivity contribution is -0.152. The van der Waals surface area contributed by atoms with Gasteiger partial charge < -0.3 is 24.2 Å². The highest BCUT2D eigenvalue weighted by Crippen LogP contribution is 2.34. The quantitative estimate of drug-likeness (QED) is 0.528. The van der Waals surface area contributed by atoms with E-state index in [4.69, 9.17) is 9.47 Å². The maximum absolute atomic E-state index is 13.8. The fourth-order valence-corrected chi connectivity index (χ4v) is 4.34. The van der Waals surface area contributed by atoms with Crippen LogP contribution in [0.3, 0.4) is 0 Å². The molecule has 3 amide bonds. The molecule has 0 bridgehead atoms. The number of esters is 1. The van der Waals surface area contributed by atoms with E-state index in [1.165, 1.54) is 16.9 Å². The van der Waals surface area contributed by atoms with Crippen molar-refractivity contribution in [2.75, 3.05) is 33.8 Å². The number of hydrogen-bond acceptors (Lipinski definition) is 6. The predicted molar refractivity (Wildman–Crippen MR) is 136 cm³/mol. The van der Waals surface area contributed by atoms with Gasteiger partial charge in [0.15, 0.2) is 0 Å². The molecule has 1 saturated heterocycles. The van der Waals surface area contributed by atoms with Crippen LogP contribution in [0.5, 0.6) is 0 Å². The number of rotatable bonds is 7. The summed E-state index contributed by atoms with van der Waals surface area (Å²) in [4.78, 5) is 55.2. The first kappa shape index (κ1) is 29.1. The van der Waals surface area contributed by atoms with Gasteiger partial charge in [-0.1, -0.05) is 31.2 Å². The molecule has 36 heavy (non-hydrogen) atoms. The summed E-state index contributed by atoms with van der Waals surface area (Å²) >= 11 is 0. The van der Waals surface area contributed by atoms with Crippen LogP contribution in [0.2, 0.25) is 0 Å². The molecule has 1 fully saturated rings. The van der Waals surface area contributed by atoms with Crippen molar-refractivity contribution in [1.82, 2.24) is 14.7 Å². The Morgan fingerprint density at radius 1 is 1.03 bits per heavy atom. The SMILES string of the molecule is COC(=O)CN(Cc1ccccc1CN(C)C(=O)OC(C)(C)C)C(=O)C1(C)CCCN(C(C)=O)CC1. The Morgan fingerprint density at radius 3 is 2.19 bits per heavy atom. The second kappa shape index (κ2) is 12.2. The van der Waals surface area contributed by atoms with Crippen LogP contribution >= 0.6 is 0 Å². The van der Waals surface area contributed by atoms with Crippen molar-refractivity contribution in [2.45, 2.75) is 72.6 Å². The first-order valence-electron chi connectivity index (χ1n) is 12.4. The van der Waals surface area contributed by atoms with Gasteiger partial charge in [-0.05, 0) is 51.2 Å². The Kier molecular flexibility index (Phi) is 9.90. The minimum atomic E-state index is -0.708. The van der Waals surface area contributed by atoms with Gasteiger partial charge in [-0.15, -0.1) is 0 Å². The number of hydrogen-bond donors (Lipinski definition) is 0. The molecule has 2 rings (SSSR count). The normalized spacial score (nSPS) is 18.1. The number of carbonyl (C=O) groups is 4. The Balaban J connectivity index is 2.27. The molecule has 1 aromatic rings. The standard InChI is InChI=1S/C27H41N3O6/c1-20(31)29-15-10-13-27(5,14-16-29)24(33)30(19-23(32)35-7)18-22-12-9-8-11-21(22)17-28(6)25(34)36-26(2,3)4/h8-9,11-12H,10,13-19H2,1-7H3. The van der Waals surface area contributed by atoms with Gasteiger partial charge in [-0.2, -0.15) is 0 Å². The monoisotopic (exact) mass is 503 g/mol. The zero-order chi connectivity index (χ0) is 27.1. The molecular weight excluding hydrogens is 462 g/mol. The van der Waals surface area contributed by atoms with Crippen LogP contribution in [0, 0.1) is 5.41 Å². The molecular formula is C27H41N3O6. The first-order valence-corrected chi connectivity index (χ1v) is 12.4. The maximum Gasteiger partial charge on any atom is 0.410 e. The van der Waals surface area contributed by atoms with Gasteiger partial charge in [0.25, 0.3) is 0 Å². The van der Waals surface area contributed by atoms with Crippen molar-refractivity contribution in [2.24, 2.45) is 5.41 Å². The van der Waals surface area contributed by atoms with Gasteiger partial charge in [-0.3, -0.25) is 14.4 Å². The first-order chi connectivity index (χ1) is 16.8. The Hall–Kier alpha value is -3.10. The number of ether oxygens (including phenoxy) is 2. The number of methoxy groups -OCH3 is 1. The van der Waals surface area contributed by atoms with E-state index in [0.717, 1.165) is 11.1 Å². The largest absolute Gasteiger partial charge is 0.468 e. The third-order valence-electron chi connectivity index (χ3n) is 6.48. The summed E-state index contributed by atoms with van der Waals surface area (Å²) in [7, 11) is 2.96. The molecule has 1 aliphatic heterocycles. The van der Waals surface area contributed by atoms with Crippen molar-refractivity contribution in [3.8, 4) is 0 Å². The number of nitrogens with zero attached hydrogens (tertiary/aromatic N) is 3. The van der Waals surface area contributed by atoms with E-state index in [1.807, 2.05) is 52.0 Å². The Bertz CT molecular complexity index is 957. The minimum absolute atomic E-state index is 0.00107. The van der Waals surface area contributed by atoms with Crippen LogP contribution in [-0.2, 0) is 36.9 Å². The van der Waals surface area contributed by atoms with Crippen LogP contribution in [0.25, 0.3) is 0 Å². The maximum atomic E-state index is 13.8. The van der Waals surface area contributed by atoms with Gasteiger partial charge in [0.05, 0.1) is 7.11 Å². The van der Waals surface area contributed by atoms with E-state index in [1.54, 1.807) is 18.9 Å². The van der Waals surface area contributed by atoms with E-state index in [-0.39, 0.29) is 31.4 Å². The van der Waals surface area contributed by atoms with Crippen LogP contribution in [0.4, 0.5) is 4.79 Å². The van der Waals surface area contributed by atoms with Crippen molar-refractivity contribution < 1.29 is 28.7 Å². The number of amides is 3. The van der Waals surface area contributed by atoms with E-state index in [0.29, 0.717) is 32.4 Å². The van der Waals surface area contributed by atoms with Crippen LogP contribution in [0.1, 0.15) is 65.0 Å². The molecule has 200 valence electrons. The Morgan fingerprint density at radius 2 is 1.64 bits per heavy atom. The highest BCUT2D eigenvalue weighted by molar-refractivity contribution is 5.86. The molecule has 1 unspecified atom stereocenters. The van der Waals surface area contributed by atoms with E-state index < -0.39 is 23.1 Å². The van der Waals surface area contributed by atoms with Gasteiger partial charge in [-0.25, -0.2) is 4.79 Å². The molecule has 0 aromatic heterocycles. The summed E-state index contributed by atoms with van der Waals surface area (Å²) in [5.41, 5.74) is 0.358. The number of likely N-dealkylation sites (tertiary alicyclic amines) is 1. The van der Waals surface area contributed by atoms with E-state index >= 15 is 0 Å². The summed E-state index contributed by atoms with van der Waals surface area (Å²) in [6.07, 6.45) is 1.41. The smallest absolute Gasteiger partial charge is 0.410 e. The third kappa shape index (κ3) is 8.24. The highest BCUT2D eigenvalue weighted by Gasteiger charge is 2.39. The average molecular weight is 504 g/mol. The average Bonchev–Trinajstić information content (AvgIpc) is 3.00. The molecule has 0 N–H and O–H groups in total. The molecule has 9 heteroatoms. The lowest BCUT2D eigenvalue weighted by atomic mass is 9.81. The lowest BCUT2D eigenvalue weighted by Gasteiger charge is -2.34. The van der Waals surface area contributed by atoms with Crippen molar-refractivity contribution in [3.05, 3.63) is 35.4 Å². The van der Waals surface area contributed by atoms with E-state index in [9.17, 15) is 19.2 Å². The van der Waals surface area contributed by atoms with Gasteiger partial charge in [0.1, 0.15) is 12.1 Å². The van der Waals surface area contributed by atoms with Crippen molar-refractivity contribution in [1.29, 1.82) is 0 Å². The van der Waals surface area contributed by atoms with Gasteiger partial charge in [0.2, 0.25) is 11.8 Å². The fourth-order valence-electron chi connectivity index (χ4n) is 4.34. The number of carbonyl (C=O) groups excluding carboxylic acids is 4. The second-order valence-corrected chi connectivity index (χ2v) is 10.8. The molecule has 0 aliphatic carbocycles. The van der Waals surface area contributed by atoms with Gasteiger partial charge in [0, 0.05) is 45.6 Å². The summed E-state index contributed by atoms with van der Waals surface area (Å²) in [6.45, 7) is 10.3.